The van der Waals surface area contributed by atoms with E-state index in [2.05, 4.69) is 4.98 Å². The smallest absolute Gasteiger partial charge is 0.309 e. The summed E-state index contributed by atoms with van der Waals surface area (Å²) in [5.74, 6) is -1.55. The molecule has 7 nitrogen and oxygen atoms in total. The summed E-state index contributed by atoms with van der Waals surface area (Å²) in [4.78, 5) is 31.1. The number of carboxylic acids is 1. The van der Waals surface area contributed by atoms with Crippen molar-refractivity contribution >= 4 is 28.2 Å². The van der Waals surface area contributed by atoms with Crippen LogP contribution in [0.3, 0.4) is 0 Å². The van der Waals surface area contributed by atoms with Gasteiger partial charge in [-0.05, 0) is 13.3 Å². The highest BCUT2D eigenvalue weighted by Crippen LogP contribution is 2.39. The molecule has 23 heavy (non-hydrogen) atoms. The van der Waals surface area contributed by atoms with Gasteiger partial charge in [0.25, 0.3) is 0 Å². The minimum absolute atomic E-state index is 0.0332. The van der Waals surface area contributed by atoms with Gasteiger partial charge in [0.15, 0.2) is 4.96 Å². The molecule has 0 spiro atoms. The van der Waals surface area contributed by atoms with Crippen molar-refractivity contribution in [2.24, 2.45) is 5.92 Å². The maximum atomic E-state index is 12.4. The number of hydrogen-bond donors (Lipinski definition) is 1. The van der Waals surface area contributed by atoms with Crippen LogP contribution in [0.4, 0.5) is 0 Å². The summed E-state index contributed by atoms with van der Waals surface area (Å²) in [5.41, 5.74) is 1.56. The van der Waals surface area contributed by atoms with Crippen LogP contribution in [0.5, 0.6) is 0 Å². The number of aromatic nitrogens is 2. The van der Waals surface area contributed by atoms with Gasteiger partial charge in [0.1, 0.15) is 0 Å². The van der Waals surface area contributed by atoms with Crippen LogP contribution in [-0.2, 0) is 14.3 Å². The molecule has 1 amide bonds. The van der Waals surface area contributed by atoms with E-state index >= 15 is 0 Å². The quantitative estimate of drug-likeness (QED) is 0.898. The first-order valence-corrected chi connectivity index (χ1v) is 8.35. The number of carboxylic acid groups (broad SMARTS) is 1. The number of amides is 1. The normalized spacial score (nSPS) is 22.0. The molecule has 0 saturated carbocycles. The third-order valence-electron chi connectivity index (χ3n) is 4.32. The zero-order valence-electron chi connectivity index (χ0n) is 13.1. The van der Waals surface area contributed by atoms with Crippen molar-refractivity contribution in [1.29, 1.82) is 0 Å². The van der Waals surface area contributed by atoms with Crippen LogP contribution in [0.2, 0.25) is 0 Å². The Kier molecular flexibility index (Phi) is 4.36. The molecular weight excluding hydrogens is 318 g/mol. The number of carbonyl (C=O) groups excluding carboxylic acids is 1. The molecule has 2 aromatic rings. The van der Waals surface area contributed by atoms with Gasteiger partial charge in [-0.25, -0.2) is 4.98 Å². The van der Waals surface area contributed by atoms with E-state index in [-0.39, 0.29) is 12.3 Å². The van der Waals surface area contributed by atoms with Gasteiger partial charge in [-0.1, -0.05) is 0 Å². The van der Waals surface area contributed by atoms with Gasteiger partial charge in [-0.2, -0.15) is 0 Å². The lowest BCUT2D eigenvalue weighted by molar-refractivity contribution is -0.152. The van der Waals surface area contributed by atoms with Crippen molar-refractivity contribution in [2.75, 3.05) is 20.3 Å². The fourth-order valence-corrected chi connectivity index (χ4v) is 4.04. The molecule has 1 aliphatic heterocycles. The molecule has 1 saturated heterocycles. The monoisotopic (exact) mass is 337 g/mol. The fourth-order valence-electron chi connectivity index (χ4n) is 3.27. The number of hydrogen-bond acceptors (Lipinski definition) is 5. The topological polar surface area (TPSA) is 84.1 Å². The standard InChI is InChI=1S/C15H19N3O4S/c1-9-12(18-6-8-23-15(18)16-9)13-10(14(20)21)3-4-11(19)17(13)5-7-22-2/h6,8,10,13H,3-5,7H2,1-2H3,(H,20,21). The molecule has 8 heteroatoms. The average Bonchev–Trinajstić information content (AvgIpc) is 3.05. The minimum Gasteiger partial charge on any atom is -0.481 e. The van der Waals surface area contributed by atoms with E-state index in [1.54, 1.807) is 12.0 Å². The van der Waals surface area contributed by atoms with Gasteiger partial charge < -0.3 is 14.7 Å². The predicted octanol–water partition coefficient (Wildman–Crippen LogP) is 1.71. The Morgan fingerprint density at radius 2 is 2.35 bits per heavy atom. The second-order valence-corrected chi connectivity index (χ2v) is 6.52. The lowest BCUT2D eigenvalue weighted by Crippen LogP contribution is -2.47. The Morgan fingerprint density at radius 1 is 1.57 bits per heavy atom. The highest BCUT2D eigenvalue weighted by Gasteiger charge is 2.42. The Balaban J connectivity index is 2.10. The number of aliphatic carboxylic acids is 1. The number of thiazole rings is 1. The molecule has 1 aliphatic rings. The number of fused-ring (bicyclic) bond motifs is 1. The van der Waals surface area contributed by atoms with Gasteiger partial charge in [-0.15, -0.1) is 11.3 Å². The van der Waals surface area contributed by atoms with Gasteiger partial charge >= 0.3 is 5.97 Å². The number of carbonyl (C=O) groups is 2. The number of likely N-dealkylation sites (tertiary alicyclic amines) is 1. The fraction of sp³-hybridized carbons (Fsp3) is 0.533. The van der Waals surface area contributed by atoms with E-state index in [0.29, 0.717) is 19.6 Å². The molecule has 0 radical (unpaired) electrons. The number of imidazole rings is 1. The van der Waals surface area contributed by atoms with E-state index in [1.165, 1.54) is 11.3 Å². The number of nitrogens with zero attached hydrogens (tertiary/aromatic N) is 3. The second kappa shape index (κ2) is 6.29. The van der Waals surface area contributed by atoms with E-state index in [4.69, 9.17) is 4.74 Å². The van der Waals surface area contributed by atoms with Gasteiger partial charge in [0.2, 0.25) is 5.91 Å². The van der Waals surface area contributed by atoms with Crippen molar-refractivity contribution in [2.45, 2.75) is 25.8 Å². The molecule has 124 valence electrons. The van der Waals surface area contributed by atoms with Crippen LogP contribution in [0.25, 0.3) is 4.96 Å². The van der Waals surface area contributed by atoms with Gasteiger partial charge in [-0.3, -0.25) is 14.0 Å². The SMILES string of the molecule is COCCN1C(=O)CCC(C(=O)O)C1c1c(C)nc2sccn12. The Labute approximate surface area is 137 Å². The Bertz CT molecular complexity index is 738. The zero-order valence-corrected chi connectivity index (χ0v) is 13.9. The summed E-state index contributed by atoms with van der Waals surface area (Å²) < 4.78 is 7.00. The molecule has 2 atom stereocenters. The van der Waals surface area contributed by atoms with Crippen molar-refractivity contribution in [3.05, 3.63) is 23.0 Å². The summed E-state index contributed by atoms with van der Waals surface area (Å²) in [7, 11) is 1.57. The molecule has 2 aromatic heterocycles. The van der Waals surface area contributed by atoms with Crippen LogP contribution in [-0.4, -0.2) is 51.5 Å². The summed E-state index contributed by atoms with van der Waals surface area (Å²) >= 11 is 1.49. The van der Waals surface area contributed by atoms with Gasteiger partial charge in [0.05, 0.1) is 30.0 Å². The first-order chi connectivity index (χ1) is 11.0. The van der Waals surface area contributed by atoms with Crippen molar-refractivity contribution < 1.29 is 19.4 Å². The molecular formula is C15H19N3O4S. The van der Waals surface area contributed by atoms with E-state index in [1.807, 2.05) is 22.9 Å². The third kappa shape index (κ3) is 2.72. The third-order valence-corrected chi connectivity index (χ3v) is 5.08. The first-order valence-electron chi connectivity index (χ1n) is 7.48. The Hall–Kier alpha value is -1.93. The average molecular weight is 337 g/mol. The molecule has 0 bridgehead atoms. The molecule has 1 N–H and O–H groups in total. The van der Waals surface area contributed by atoms with Crippen molar-refractivity contribution in [3.63, 3.8) is 0 Å². The number of aryl methyl sites for hydroxylation is 1. The number of ether oxygens (including phenoxy) is 1. The highest BCUT2D eigenvalue weighted by atomic mass is 32.1. The number of rotatable bonds is 5. The minimum atomic E-state index is -0.880. The molecule has 1 fully saturated rings. The lowest BCUT2D eigenvalue weighted by Gasteiger charge is -2.39. The van der Waals surface area contributed by atoms with E-state index in [9.17, 15) is 14.7 Å². The maximum absolute atomic E-state index is 12.4. The predicted molar refractivity (Wildman–Crippen MR) is 84.5 cm³/mol. The lowest BCUT2D eigenvalue weighted by atomic mass is 9.86. The summed E-state index contributed by atoms with van der Waals surface area (Å²) in [6.45, 7) is 2.61. The maximum Gasteiger partial charge on any atom is 0.309 e. The number of piperidine rings is 1. The van der Waals surface area contributed by atoms with Crippen LogP contribution in [0, 0.1) is 12.8 Å². The molecule has 3 heterocycles. The summed E-state index contributed by atoms with van der Waals surface area (Å²) in [6.07, 6.45) is 2.47. The van der Waals surface area contributed by atoms with Crippen LogP contribution >= 0.6 is 11.3 Å². The highest BCUT2D eigenvalue weighted by molar-refractivity contribution is 7.15. The Morgan fingerprint density at radius 3 is 3.04 bits per heavy atom. The van der Waals surface area contributed by atoms with Crippen molar-refractivity contribution in [3.8, 4) is 0 Å². The first kappa shape index (κ1) is 15.9. The largest absolute Gasteiger partial charge is 0.481 e. The summed E-state index contributed by atoms with van der Waals surface area (Å²) in [6, 6.07) is -0.520. The zero-order chi connectivity index (χ0) is 16.6. The van der Waals surface area contributed by atoms with E-state index < -0.39 is 17.9 Å². The van der Waals surface area contributed by atoms with Crippen LogP contribution in [0.15, 0.2) is 11.6 Å². The van der Waals surface area contributed by atoms with E-state index in [0.717, 1.165) is 16.3 Å². The molecule has 0 aromatic carbocycles. The second-order valence-electron chi connectivity index (χ2n) is 5.65. The number of methoxy groups -OCH3 is 1. The van der Waals surface area contributed by atoms with Crippen LogP contribution in [0.1, 0.15) is 30.3 Å². The summed E-state index contributed by atoms with van der Waals surface area (Å²) in [5, 5.41) is 11.6. The molecule has 2 unspecified atom stereocenters. The van der Waals surface area contributed by atoms with Gasteiger partial charge in [0, 0.05) is 31.7 Å². The van der Waals surface area contributed by atoms with Crippen molar-refractivity contribution in [1.82, 2.24) is 14.3 Å². The molecule has 0 aliphatic carbocycles. The molecule has 3 rings (SSSR count). The van der Waals surface area contributed by atoms with Crippen LogP contribution < -0.4 is 0 Å².